The highest BCUT2D eigenvalue weighted by Crippen LogP contribution is 2.32. The van der Waals surface area contributed by atoms with Crippen molar-refractivity contribution >= 4 is 5.91 Å². The van der Waals surface area contributed by atoms with E-state index in [9.17, 15) is 13.6 Å². The smallest absolute Gasteiger partial charge is 0.255 e. The number of nitrogens with zero attached hydrogens (tertiary/aromatic N) is 1. The number of hydrogen-bond acceptors (Lipinski definition) is 3. The fourth-order valence-electron chi connectivity index (χ4n) is 3.40. The maximum Gasteiger partial charge on any atom is 0.255 e. The van der Waals surface area contributed by atoms with Crippen molar-refractivity contribution < 1.29 is 18.3 Å². The van der Waals surface area contributed by atoms with Gasteiger partial charge in [0.2, 0.25) is 5.91 Å². The van der Waals surface area contributed by atoms with Crippen molar-refractivity contribution in [3.8, 4) is 0 Å². The molecule has 20 heavy (non-hydrogen) atoms. The van der Waals surface area contributed by atoms with Crippen LogP contribution in [-0.2, 0) is 9.53 Å². The van der Waals surface area contributed by atoms with Crippen LogP contribution in [0, 0.1) is 5.92 Å². The van der Waals surface area contributed by atoms with Gasteiger partial charge in [-0.2, -0.15) is 0 Å². The average Bonchev–Trinajstić information content (AvgIpc) is 2.73. The molecule has 0 spiro atoms. The predicted octanol–water partition coefficient (Wildman–Crippen LogP) is 1.65. The molecule has 2 bridgehead atoms. The zero-order valence-corrected chi connectivity index (χ0v) is 12.0. The standard InChI is InChI=1S/C14H24F2N2O2/c1-20-5-4-18(9-13(15)16)14(19)8-10-6-11-2-3-12(7-10)17-11/h10-13,17H,2-9H2,1H3. The summed E-state index contributed by atoms with van der Waals surface area (Å²) in [6, 6.07) is 1.04. The molecule has 116 valence electrons. The predicted molar refractivity (Wildman–Crippen MR) is 71.7 cm³/mol. The Morgan fingerprint density at radius 2 is 2.00 bits per heavy atom. The van der Waals surface area contributed by atoms with Gasteiger partial charge in [0.15, 0.2) is 0 Å². The van der Waals surface area contributed by atoms with E-state index in [1.54, 1.807) is 0 Å². The Bertz CT molecular complexity index is 316. The zero-order chi connectivity index (χ0) is 14.5. The number of carbonyl (C=O) groups is 1. The Balaban J connectivity index is 1.83. The Hall–Kier alpha value is -0.750. The van der Waals surface area contributed by atoms with Crippen molar-refractivity contribution in [2.75, 3.05) is 26.8 Å². The molecule has 0 aromatic rings. The van der Waals surface area contributed by atoms with Crippen molar-refractivity contribution in [1.82, 2.24) is 10.2 Å². The molecule has 1 N–H and O–H groups in total. The summed E-state index contributed by atoms with van der Waals surface area (Å²) in [7, 11) is 1.51. The highest BCUT2D eigenvalue weighted by Gasteiger charge is 2.35. The second-order valence-corrected chi connectivity index (χ2v) is 5.90. The lowest BCUT2D eigenvalue weighted by Crippen LogP contribution is -2.42. The number of amides is 1. The van der Waals surface area contributed by atoms with Crippen LogP contribution >= 0.6 is 0 Å². The minimum Gasteiger partial charge on any atom is -0.383 e. The van der Waals surface area contributed by atoms with Gasteiger partial charge in [0.05, 0.1) is 13.2 Å². The van der Waals surface area contributed by atoms with Gasteiger partial charge in [0, 0.05) is 32.2 Å². The second-order valence-electron chi connectivity index (χ2n) is 5.90. The van der Waals surface area contributed by atoms with Gasteiger partial charge in [-0.05, 0) is 31.6 Å². The molecule has 0 aromatic carbocycles. The molecule has 0 aromatic heterocycles. The van der Waals surface area contributed by atoms with Crippen molar-refractivity contribution in [2.24, 2.45) is 5.92 Å². The van der Waals surface area contributed by atoms with Crippen LogP contribution in [0.25, 0.3) is 0 Å². The van der Waals surface area contributed by atoms with E-state index in [1.807, 2.05) is 0 Å². The molecule has 2 unspecified atom stereocenters. The summed E-state index contributed by atoms with van der Waals surface area (Å²) in [5, 5.41) is 3.52. The van der Waals surface area contributed by atoms with Crippen molar-refractivity contribution in [1.29, 1.82) is 0 Å². The van der Waals surface area contributed by atoms with Crippen LogP contribution in [0.1, 0.15) is 32.1 Å². The largest absolute Gasteiger partial charge is 0.383 e. The summed E-state index contributed by atoms with van der Waals surface area (Å²) in [6.45, 7) is 0.0629. The fourth-order valence-corrected chi connectivity index (χ4v) is 3.40. The van der Waals surface area contributed by atoms with Gasteiger partial charge in [0.25, 0.3) is 6.43 Å². The third kappa shape index (κ3) is 4.38. The molecule has 2 fully saturated rings. The number of ether oxygens (including phenoxy) is 1. The number of halogens is 2. The molecule has 6 heteroatoms. The van der Waals surface area contributed by atoms with Crippen LogP contribution in [0.5, 0.6) is 0 Å². The van der Waals surface area contributed by atoms with Crippen molar-refractivity contribution in [3.05, 3.63) is 0 Å². The Morgan fingerprint density at radius 1 is 1.35 bits per heavy atom. The SMILES string of the molecule is COCCN(CC(F)F)C(=O)CC1CC2CCC(C1)N2. The quantitative estimate of drug-likeness (QED) is 0.775. The van der Waals surface area contributed by atoms with Crippen LogP contribution in [0.15, 0.2) is 0 Å². The first kappa shape index (κ1) is 15.6. The summed E-state index contributed by atoms with van der Waals surface area (Å²) in [5.41, 5.74) is 0. The number of nitrogens with one attached hydrogen (secondary N) is 1. The molecule has 0 aliphatic carbocycles. The minimum atomic E-state index is -2.49. The molecule has 4 nitrogen and oxygen atoms in total. The monoisotopic (exact) mass is 290 g/mol. The number of methoxy groups -OCH3 is 1. The normalized spacial score (nSPS) is 28.9. The number of hydrogen-bond donors (Lipinski definition) is 1. The zero-order valence-electron chi connectivity index (χ0n) is 12.0. The summed E-state index contributed by atoms with van der Waals surface area (Å²) in [5.74, 6) is 0.178. The molecule has 0 saturated carbocycles. The van der Waals surface area contributed by atoms with Gasteiger partial charge in [-0.25, -0.2) is 8.78 Å². The summed E-state index contributed by atoms with van der Waals surface area (Å²) in [6.07, 6.45) is 2.26. The third-order valence-electron chi connectivity index (χ3n) is 4.31. The van der Waals surface area contributed by atoms with E-state index in [0.29, 0.717) is 31.0 Å². The molecule has 2 aliphatic rings. The van der Waals surface area contributed by atoms with E-state index in [1.165, 1.54) is 24.9 Å². The lowest BCUT2D eigenvalue weighted by Gasteiger charge is -2.30. The van der Waals surface area contributed by atoms with E-state index >= 15 is 0 Å². The fraction of sp³-hybridized carbons (Fsp3) is 0.929. The van der Waals surface area contributed by atoms with Crippen LogP contribution in [0.3, 0.4) is 0 Å². The molecule has 2 atom stereocenters. The van der Waals surface area contributed by atoms with Gasteiger partial charge in [0.1, 0.15) is 0 Å². The molecular formula is C14H24F2N2O2. The molecule has 1 amide bonds. The lowest BCUT2D eigenvalue weighted by atomic mass is 9.89. The summed E-state index contributed by atoms with van der Waals surface area (Å²) < 4.78 is 30.0. The van der Waals surface area contributed by atoms with E-state index in [-0.39, 0.29) is 12.5 Å². The molecule has 0 radical (unpaired) electrons. The maximum absolute atomic E-state index is 12.5. The first-order valence-corrected chi connectivity index (χ1v) is 7.39. The molecular weight excluding hydrogens is 266 g/mol. The van der Waals surface area contributed by atoms with Gasteiger partial charge >= 0.3 is 0 Å². The first-order chi connectivity index (χ1) is 9.58. The molecule has 2 heterocycles. The summed E-state index contributed by atoms with van der Waals surface area (Å²) >= 11 is 0. The maximum atomic E-state index is 12.5. The van der Waals surface area contributed by atoms with Crippen LogP contribution in [0.4, 0.5) is 8.78 Å². The van der Waals surface area contributed by atoms with Crippen LogP contribution < -0.4 is 5.32 Å². The minimum absolute atomic E-state index is 0.159. The number of carbonyl (C=O) groups excluding carboxylic acids is 1. The highest BCUT2D eigenvalue weighted by atomic mass is 19.3. The topological polar surface area (TPSA) is 41.6 Å². The third-order valence-corrected chi connectivity index (χ3v) is 4.31. The van der Waals surface area contributed by atoms with Gasteiger partial charge in [-0.3, -0.25) is 4.79 Å². The first-order valence-electron chi connectivity index (χ1n) is 7.39. The number of piperidine rings is 1. The van der Waals surface area contributed by atoms with E-state index in [2.05, 4.69) is 5.32 Å². The van der Waals surface area contributed by atoms with Gasteiger partial charge < -0.3 is 15.0 Å². The Kier molecular flexibility index (Phi) is 5.72. The van der Waals surface area contributed by atoms with Crippen molar-refractivity contribution in [3.63, 3.8) is 0 Å². The lowest BCUT2D eigenvalue weighted by molar-refractivity contribution is -0.135. The number of fused-ring (bicyclic) bond motifs is 2. The average molecular weight is 290 g/mol. The van der Waals surface area contributed by atoms with Gasteiger partial charge in [-0.15, -0.1) is 0 Å². The Labute approximate surface area is 118 Å². The highest BCUT2D eigenvalue weighted by molar-refractivity contribution is 5.76. The second kappa shape index (κ2) is 7.31. The summed E-state index contributed by atoms with van der Waals surface area (Å²) in [4.78, 5) is 13.5. The van der Waals surface area contributed by atoms with Crippen molar-refractivity contribution in [2.45, 2.75) is 50.6 Å². The molecule has 2 aliphatic heterocycles. The van der Waals surface area contributed by atoms with Crippen LogP contribution in [0.2, 0.25) is 0 Å². The van der Waals surface area contributed by atoms with Gasteiger partial charge in [-0.1, -0.05) is 0 Å². The molecule has 2 saturated heterocycles. The Morgan fingerprint density at radius 3 is 2.55 bits per heavy atom. The number of alkyl halides is 2. The van der Waals surface area contributed by atoms with E-state index in [0.717, 1.165) is 12.8 Å². The van der Waals surface area contributed by atoms with E-state index < -0.39 is 13.0 Å². The number of rotatable bonds is 7. The molecule has 2 rings (SSSR count). The van der Waals surface area contributed by atoms with E-state index in [4.69, 9.17) is 4.74 Å². The van der Waals surface area contributed by atoms with Crippen LogP contribution in [-0.4, -0.2) is 56.1 Å².